The smallest absolute Gasteiger partial charge is 0.241 e. The Morgan fingerprint density at radius 2 is 2.16 bits per heavy atom. The van der Waals surface area contributed by atoms with Crippen molar-refractivity contribution in [1.82, 2.24) is 19.9 Å². The first-order chi connectivity index (χ1) is 12.0. The second-order valence-corrected chi connectivity index (χ2v) is 6.47. The minimum absolute atomic E-state index is 0.0321. The second kappa shape index (κ2) is 5.91. The Morgan fingerprint density at radius 1 is 1.32 bits per heavy atom. The first kappa shape index (κ1) is 15.7. The number of fused-ring (bicyclic) bond motifs is 2. The molecule has 3 heterocycles. The molecule has 0 radical (unpaired) electrons. The number of nitrogens with zero attached hydrogens (tertiary/aromatic N) is 5. The fourth-order valence-corrected chi connectivity index (χ4v) is 3.18. The van der Waals surface area contributed by atoms with Crippen LogP contribution in [0.15, 0.2) is 24.5 Å². The molecule has 0 fully saturated rings. The van der Waals surface area contributed by atoms with E-state index in [2.05, 4.69) is 15.0 Å². The Bertz CT molecular complexity index is 893. The number of halogens is 1. The van der Waals surface area contributed by atoms with Crippen LogP contribution in [0.25, 0.3) is 5.57 Å². The molecule has 1 amide bonds. The van der Waals surface area contributed by atoms with Crippen LogP contribution in [0.2, 0.25) is 0 Å². The topological polar surface area (TPSA) is 62.2 Å². The Kier molecular flexibility index (Phi) is 3.71. The predicted molar refractivity (Wildman–Crippen MR) is 91.6 cm³/mol. The molecule has 2 aromatic heterocycles. The molecule has 6 nitrogen and oxygen atoms in total. The number of aromatic nitrogens is 3. The molecule has 1 aliphatic heterocycles. The third kappa shape index (κ3) is 2.75. The van der Waals surface area contributed by atoms with Crippen LogP contribution in [0.4, 0.5) is 10.2 Å². The third-order valence-corrected chi connectivity index (χ3v) is 4.58. The lowest BCUT2D eigenvalue weighted by Crippen LogP contribution is -2.36. The fraction of sp³-hybridized carbons (Fsp3) is 0.333. The number of amides is 1. The van der Waals surface area contributed by atoms with Gasteiger partial charge in [-0.3, -0.25) is 9.78 Å². The summed E-state index contributed by atoms with van der Waals surface area (Å²) in [5.41, 5.74) is 3.41. The average molecular weight is 339 g/mol. The normalized spacial score (nSPS) is 15.0. The van der Waals surface area contributed by atoms with Gasteiger partial charge in [0, 0.05) is 50.0 Å². The standard InChI is InChI=1S/C18H18FN5O/c1-23(2)16(25)10-24-6-5-11-8-21-17(22-18(11)24)13-3-4-15-14(13)7-12(19)9-20-15/h3,7-9H,4-6,10H2,1-2H3. The molecule has 25 heavy (non-hydrogen) atoms. The van der Waals surface area contributed by atoms with Gasteiger partial charge in [0.15, 0.2) is 5.82 Å². The largest absolute Gasteiger partial charge is 0.347 e. The molecule has 0 bridgehead atoms. The summed E-state index contributed by atoms with van der Waals surface area (Å²) in [5, 5.41) is 0. The molecule has 0 aromatic carbocycles. The van der Waals surface area contributed by atoms with Gasteiger partial charge in [0.05, 0.1) is 18.4 Å². The van der Waals surface area contributed by atoms with Gasteiger partial charge >= 0.3 is 0 Å². The van der Waals surface area contributed by atoms with Crippen molar-refractivity contribution in [3.8, 4) is 0 Å². The molecule has 0 spiro atoms. The Labute approximate surface area is 145 Å². The lowest BCUT2D eigenvalue weighted by Gasteiger charge is -2.20. The highest BCUT2D eigenvalue weighted by atomic mass is 19.1. The summed E-state index contributed by atoms with van der Waals surface area (Å²) in [5.74, 6) is 1.00. The molecule has 0 saturated carbocycles. The lowest BCUT2D eigenvalue weighted by atomic mass is 10.1. The third-order valence-electron chi connectivity index (χ3n) is 4.58. The van der Waals surface area contributed by atoms with Crippen LogP contribution in [-0.2, 0) is 17.6 Å². The highest BCUT2D eigenvalue weighted by Gasteiger charge is 2.26. The van der Waals surface area contributed by atoms with E-state index in [1.54, 1.807) is 19.0 Å². The molecule has 2 aliphatic rings. The highest BCUT2D eigenvalue weighted by molar-refractivity contribution is 5.83. The molecule has 0 unspecified atom stereocenters. The van der Waals surface area contributed by atoms with Gasteiger partial charge < -0.3 is 9.80 Å². The number of likely N-dealkylation sites (N-methyl/N-ethyl adjacent to an activating group) is 1. The maximum absolute atomic E-state index is 13.6. The average Bonchev–Trinajstić information content (AvgIpc) is 3.18. The first-order valence-electron chi connectivity index (χ1n) is 8.19. The van der Waals surface area contributed by atoms with Crippen LogP contribution in [-0.4, -0.2) is 52.9 Å². The van der Waals surface area contributed by atoms with E-state index in [0.29, 0.717) is 18.8 Å². The lowest BCUT2D eigenvalue weighted by molar-refractivity contribution is -0.127. The number of hydrogen-bond donors (Lipinski definition) is 0. The van der Waals surface area contributed by atoms with E-state index in [-0.39, 0.29) is 11.7 Å². The van der Waals surface area contributed by atoms with E-state index in [1.807, 2.05) is 17.2 Å². The molecule has 4 rings (SSSR count). The molecule has 0 atom stereocenters. The van der Waals surface area contributed by atoms with Crippen molar-refractivity contribution >= 4 is 17.3 Å². The summed E-state index contributed by atoms with van der Waals surface area (Å²) < 4.78 is 13.6. The molecular formula is C18H18FN5O. The van der Waals surface area contributed by atoms with E-state index in [1.165, 1.54) is 12.3 Å². The second-order valence-electron chi connectivity index (χ2n) is 6.47. The molecule has 0 saturated heterocycles. The zero-order chi connectivity index (χ0) is 17.6. The minimum Gasteiger partial charge on any atom is -0.347 e. The summed E-state index contributed by atoms with van der Waals surface area (Å²) in [6.07, 6.45) is 6.48. The van der Waals surface area contributed by atoms with Crippen LogP contribution in [0.5, 0.6) is 0 Å². The quantitative estimate of drug-likeness (QED) is 0.847. The number of carbonyl (C=O) groups is 1. The van der Waals surface area contributed by atoms with E-state index >= 15 is 0 Å². The Morgan fingerprint density at radius 3 is 2.96 bits per heavy atom. The van der Waals surface area contributed by atoms with Crippen LogP contribution in [0.1, 0.15) is 22.6 Å². The monoisotopic (exact) mass is 339 g/mol. The maximum Gasteiger partial charge on any atom is 0.241 e. The van der Waals surface area contributed by atoms with Crippen LogP contribution >= 0.6 is 0 Å². The zero-order valence-corrected chi connectivity index (χ0v) is 14.2. The zero-order valence-electron chi connectivity index (χ0n) is 14.2. The van der Waals surface area contributed by atoms with Gasteiger partial charge in [0.2, 0.25) is 5.91 Å². The summed E-state index contributed by atoms with van der Waals surface area (Å²) in [6, 6.07) is 1.48. The van der Waals surface area contributed by atoms with Crippen molar-refractivity contribution in [2.45, 2.75) is 12.8 Å². The molecule has 2 aromatic rings. The first-order valence-corrected chi connectivity index (χ1v) is 8.19. The van der Waals surface area contributed by atoms with E-state index < -0.39 is 0 Å². The number of pyridine rings is 1. The van der Waals surface area contributed by atoms with Crippen molar-refractivity contribution in [2.75, 3.05) is 32.1 Å². The summed E-state index contributed by atoms with van der Waals surface area (Å²) in [4.78, 5) is 28.9. The van der Waals surface area contributed by atoms with E-state index in [9.17, 15) is 9.18 Å². The van der Waals surface area contributed by atoms with E-state index in [4.69, 9.17) is 0 Å². The van der Waals surface area contributed by atoms with E-state index in [0.717, 1.165) is 41.2 Å². The summed E-state index contributed by atoms with van der Waals surface area (Å²) >= 11 is 0. The highest BCUT2D eigenvalue weighted by Crippen LogP contribution is 2.33. The Hall–Kier alpha value is -2.83. The fourth-order valence-electron chi connectivity index (χ4n) is 3.18. The van der Waals surface area contributed by atoms with Gasteiger partial charge in [0.1, 0.15) is 11.6 Å². The van der Waals surface area contributed by atoms with Crippen molar-refractivity contribution < 1.29 is 9.18 Å². The number of allylic oxidation sites excluding steroid dienone is 1. The molecule has 0 N–H and O–H groups in total. The summed E-state index contributed by atoms with van der Waals surface area (Å²) in [7, 11) is 3.49. The molecule has 1 aliphatic carbocycles. The number of rotatable bonds is 3. The predicted octanol–water partition coefficient (Wildman–Crippen LogP) is 1.45. The molecule has 7 heteroatoms. The molecular weight excluding hydrogens is 321 g/mol. The van der Waals surface area contributed by atoms with Crippen LogP contribution < -0.4 is 4.90 Å². The van der Waals surface area contributed by atoms with Gasteiger partial charge in [-0.05, 0) is 12.5 Å². The van der Waals surface area contributed by atoms with Gasteiger partial charge in [-0.15, -0.1) is 0 Å². The SMILES string of the molecule is CN(C)C(=O)CN1CCc2cnc(C3=CCc4ncc(F)cc43)nc21. The van der Waals surface area contributed by atoms with Crippen molar-refractivity contribution in [1.29, 1.82) is 0 Å². The maximum atomic E-state index is 13.6. The molecule has 128 valence electrons. The Balaban J connectivity index is 1.67. The van der Waals surface area contributed by atoms with Crippen molar-refractivity contribution in [3.63, 3.8) is 0 Å². The van der Waals surface area contributed by atoms with Crippen LogP contribution in [0, 0.1) is 5.82 Å². The summed E-state index contributed by atoms with van der Waals surface area (Å²) in [6.45, 7) is 1.04. The van der Waals surface area contributed by atoms with Gasteiger partial charge in [-0.25, -0.2) is 14.4 Å². The van der Waals surface area contributed by atoms with Gasteiger partial charge in [-0.1, -0.05) is 6.08 Å². The number of hydrogen-bond acceptors (Lipinski definition) is 5. The number of anilines is 1. The van der Waals surface area contributed by atoms with Crippen molar-refractivity contribution in [3.05, 3.63) is 53.0 Å². The minimum atomic E-state index is -0.370. The number of carbonyl (C=O) groups excluding carboxylic acids is 1. The van der Waals surface area contributed by atoms with Gasteiger partial charge in [0.25, 0.3) is 0 Å². The van der Waals surface area contributed by atoms with Crippen molar-refractivity contribution in [2.24, 2.45) is 0 Å². The van der Waals surface area contributed by atoms with Gasteiger partial charge in [-0.2, -0.15) is 0 Å². The van der Waals surface area contributed by atoms with Crippen LogP contribution in [0.3, 0.4) is 0 Å².